The molecule has 2 heterocycles. The summed E-state index contributed by atoms with van der Waals surface area (Å²) in [5.74, 6) is 0. The number of rotatable bonds is 6. The van der Waals surface area contributed by atoms with Gasteiger partial charge in [0.1, 0.15) is 0 Å². The van der Waals surface area contributed by atoms with E-state index < -0.39 is 36.0 Å². The number of amides is 2. The number of benzene rings is 2. The quantitative estimate of drug-likeness (QED) is 0.157. The molecule has 8 nitrogen and oxygen atoms in total. The van der Waals surface area contributed by atoms with Crippen LogP contribution in [0, 0.1) is 0 Å². The highest BCUT2D eigenvalue weighted by Gasteiger charge is 2.39. The highest BCUT2D eigenvalue weighted by Crippen LogP contribution is 2.31. The molecule has 0 bridgehead atoms. The Morgan fingerprint density at radius 3 is 1.22 bits per heavy atom. The van der Waals surface area contributed by atoms with E-state index in [0.717, 1.165) is 61.7 Å². The van der Waals surface area contributed by atoms with Crippen LogP contribution in [0.5, 0.6) is 0 Å². The average molecular weight is 603 g/mol. The molecule has 0 saturated carbocycles. The molecule has 0 spiro atoms. The maximum atomic E-state index is 13.6. The Balaban J connectivity index is 1.43. The molecule has 0 radical (unpaired) electrons. The second-order valence-electron chi connectivity index (χ2n) is 9.13. The van der Waals surface area contributed by atoms with Crippen molar-refractivity contribution < 1.29 is 45.6 Å². The van der Waals surface area contributed by atoms with Crippen molar-refractivity contribution in [3.8, 4) is 0 Å². The summed E-state index contributed by atoms with van der Waals surface area (Å²) >= 11 is 1.09. The normalized spacial score (nSPS) is 16.7. The van der Waals surface area contributed by atoms with Gasteiger partial charge in [-0.3, -0.25) is 9.68 Å². The van der Waals surface area contributed by atoms with Gasteiger partial charge in [-0.2, -0.15) is 26.3 Å². The van der Waals surface area contributed by atoms with Crippen molar-refractivity contribution in [3.63, 3.8) is 0 Å². The first-order valence-corrected chi connectivity index (χ1v) is 13.3. The Morgan fingerprint density at radius 1 is 0.610 bits per heavy atom. The van der Waals surface area contributed by atoms with Gasteiger partial charge >= 0.3 is 24.5 Å². The summed E-state index contributed by atoms with van der Waals surface area (Å²) in [5, 5.41) is 6.15. The zero-order chi connectivity index (χ0) is 29.6. The van der Waals surface area contributed by atoms with Crippen molar-refractivity contribution in [2.24, 2.45) is 10.3 Å². The highest BCUT2D eigenvalue weighted by atomic mass is 32.2. The van der Waals surface area contributed by atoms with Crippen molar-refractivity contribution in [2.45, 2.75) is 47.8 Å². The molecule has 41 heavy (non-hydrogen) atoms. The monoisotopic (exact) mass is 602 g/mol. The van der Waals surface area contributed by atoms with Gasteiger partial charge in [0.25, 0.3) is 0 Å². The molecule has 0 atom stereocenters. The van der Waals surface area contributed by atoms with E-state index in [1.807, 2.05) is 0 Å². The first kappa shape index (κ1) is 30.2. The van der Waals surface area contributed by atoms with Crippen molar-refractivity contribution in [1.29, 1.82) is 0 Å². The fraction of sp³-hybridized carbons (Fsp3) is 0.385. The van der Waals surface area contributed by atoms with E-state index in [9.17, 15) is 35.9 Å². The molecular weight excluding hydrogens is 578 g/mol. The van der Waals surface area contributed by atoms with Gasteiger partial charge in [-0.25, -0.2) is 9.59 Å². The lowest BCUT2D eigenvalue weighted by Gasteiger charge is -2.14. The van der Waals surface area contributed by atoms with Crippen LogP contribution in [0.4, 0.5) is 35.9 Å². The SMILES string of the molecule is O=C(O/N=C(/c1ccc(Sc2ccc(/C(=N/OC(=O)N3CCCC3)C(F)(F)F)cc2)cc1)C(F)(F)F)N1CCCC1. The molecule has 2 aliphatic rings. The Kier molecular flexibility index (Phi) is 9.46. The number of oxime groups is 2. The largest absolute Gasteiger partial charge is 0.437 e. The minimum atomic E-state index is -4.89. The third kappa shape index (κ3) is 8.15. The van der Waals surface area contributed by atoms with E-state index in [1.54, 1.807) is 0 Å². The van der Waals surface area contributed by atoms with Crippen LogP contribution in [0.2, 0.25) is 0 Å². The number of halogens is 6. The highest BCUT2D eigenvalue weighted by molar-refractivity contribution is 7.99. The lowest BCUT2D eigenvalue weighted by atomic mass is 10.1. The zero-order valence-electron chi connectivity index (χ0n) is 21.4. The van der Waals surface area contributed by atoms with Crippen LogP contribution >= 0.6 is 11.8 Å². The molecule has 2 fully saturated rings. The van der Waals surface area contributed by atoms with Gasteiger partial charge in [-0.15, -0.1) is 0 Å². The molecule has 2 aromatic carbocycles. The van der Waals surface area contributed by atoms with Crippen LogP contribution in [0.15, 0.2) is 68.6 Å². The van der Waals surface area contributed by atoms with Gasteiger partial charge in [-0.1, -0.05) is 46.3 Å². The number of likely N-dealkylation sites (tertiary alicyclic amines) is 2. The lowest BCUT2D eigenvalue weighted by Crippen LogP contribution is -2.29. The smallest absolute Gasteiger partial charge is 0.306 e. The first-order chi connectivity index (χ1) is 19.4. The van der Waals surface area contributed by atoms with Crippen LogP contribution in [0.1, 0.15) is 36.8 Å². The molecule has 2 saturated heterocycles. The van der Waals surface area contributed by atoms with Crippen molar-refractivity contribution in [3.05, 3.63) is 59.7 Å². The minimum Gasteiger partial charge on any atom is -0.306 e. The molecule has 2 aliphatic heterocycles. The summed E-state index contributed by atoms with van der Waals surface area (Å²) in [4.78, 5) is 36.5. The third-order valence-electron chi connectivity index (χ3n) is 6.19. The Hall–Kier alpha value is -3.75. The topological polar surface area (TPSA) is 83.8 Å². The second-order valence-corrected chi connectivity index (χ2v) is 10.3. The molecule has 0 N–H and O–H groups in total. The molecule has 15 heteroatoms. The summed E-state index contributed by atoms with van der Waals surface area (Å²) in [7, 11) is 0. The summed E-state index contributed by atoms with van der Waals surface area (Å²) < 4.78 is 81.5. The summed E-state index contributed by atoms with van der Waals surface area (Å²) in [6, 6.07) is 10.1. The maximum absolute atomic E-state index is 13.6. The molecule has 2 amide bonds. The van der Waals surface area contributed by atoms with Gasteiger partial charge in [0.05, 0.1) is 0 Å². The van der Waals surface area contributed by atoms with Crippen LogP contribution in [0.25, 0.3) is 0 Å². The van der Waals surface area contributed by atoms with Gasteiger partial charge < -0.3 is 9.80 Å². The molecule has 220 valence electrons. The number of carbonyl (C=O) groups is 2. The number of carbonyl (C=O) groups excluding carboxylic acids is 2. The van der Waals surface area contributed by atoms with E-state index in [4.69, 9.17) is 0 Å². The van der Waals surface area contributed by atoms with Crippen LogP contribution in [-0.4, -0.2) is 71.9 Å². The predicted molar refractivity (Wildman–Crippen MR) is 137 cm³/mol. The van der Waals surface area contributed by atoms with Crippen molar-refractivity contribution >= 4 is 35.4 Å². The van der Waals surface area contributed by atoms with Crippen LogP contribution < -0.4 is 0 Å². The Morgan fingerprint density at radius 2 is 0.927 bits per heavy atom. The number of hydrogen-bond donors (Lipinski definition) is 0. The minimum absolute atomic E-state index is 0.332. The lowest BCUT2D eigenvalue weighted by molar-refractivity contribution is -0.0614. The first-order valence-electron chi connectivity index (χ1n) is 12.5. The summed E-state index contributed by atoms with van der Waals surface area (Å²) in [5.41, 5.74) is -3.42. The van der Waals surface area contributed by atoms with E-state index in [1.165, 1.54) is 34.1 Å². The summed E-state index contributed by atoms with van der Waals surface area (Å²) in [6.45, 7) is 1.55. The van der Waals surface area contributed by atoms with E-state index >= 15 is 0 Å². The molecule has 2 aromatic rings. The molecule has 0 aliphatic carbocycles. The molecule has 0 unspecified atom stereocenters. The molecule has 0 aromatic heterocycles. The Labute approximate surface area is 234 Å². The van der Waals surface area contributed by atoms with Crippen LogP contribution in [0.3, 0.4) is 0 Å². The fourth-order valence-corrected chi connectivity index (χ4v) is 4.93. The van der Waals surface area contributed by atoms with Gasteiger partial charge in [0.15, 0.2) is 11.4 Å². The zero-order valence-corrected chi connectivity index (χ0v) is 22.2. The predicted octanol–water partition coefficient (Wildman–Crippen LogP) is 6.84. The average Bonchev–Trinajstić information content (AvgIpc) is 3.64. The maximum Gasteiger partial charge on any atom is 0.437 e. The standard InChI is InChI=1S/C26H24F6N4O4S/c27-25(28,29)21(33-39-23(37)35-13-1-2-14-35)17-5-9-19(10-6-17)41-20-11-7-18(8-12-20)22(26(30,31)32)34-40-24(38)36-15-3-4-16-36/h5-12H,1-4,13-16H2/b33-21-,34-22-. The van der Waals surface area contributed by atoms with Crippen molar-refractivity contribution in [2.75, 3.05) is 26.2 Å². The van der Waals surface area contributed by atoms with E-state index in [0.29, 0.717) is 36.0 Å². The van der Waals surface area contributed by atoms with E-state index in [-0.39, 0.29) is 11.1 Å². The summed E-state index contributed by atoms with van der Waals surface area (Å²) in [6.07, 6.45) is -8.76. The Bertz CT molecular complexity index is 1190. The number of alkyl halides is 6. The van der Waals surface area contributed by atoms with Gasteiger partial charge in [0.2, 0.25) is 0 Å². The fourth-order valence-electron chi connectivity index (χ4n) is 4.12. The van der Waals surface area contributed by atoms with Gasteiger partial charge in [0, 0.05) is 47.1 Å². The third-order valence-corrected chi connectivity index (χ3v) is 7.20. The molecular formula is C26H24F6N4O4S. The number of hydrogen-bond acceptors (Lipinski definition) is 7. The van der Waals surface area contributed by atoms with Crippen LogP contribution in [-0.2, 0) is 9.68 Å². The van der Waals surface area contributed by atoms with Crippen molar-refractivity contribution in [1.82, 2.24) is 9.80 Å². The number of nitrogens with zero attached hydrogens (tertiary/aromatic N) is 4. The molecule has 4 rings (SSSR count). The van der Waals surface area contributed by atoms with E-state index in [2.05, 4.69) is 20.0 Å². The van der Waals surface area contributed by atoms with Gasteiger partial charge in [-0.05, 0) is 49.9 Å². The second kappa shape index (κ2) is 12.8.